The zero-order chi connectivity index (χ0) is 23.6. The van der Waals surface area contributed by atoms with Crippen LogP contribution in [0.5, 0.6) is 0 Å². The molecule has 0 unspecified atom stereocenters. The molecule has 3 aromatic carbocycles. The minimum Gasteiger partial charge on any atom is -0.357 e. The average Bonchev–Trinajstić information content (AvgIpc) is 2.88. The molecule has 4 nitrogen and oxygen atoms in total. The van der Waals surface area contributed by atoms with E-state index in [1.54, 1.807) is 16.7 Å². The van der Waals surface area contributed by atoms with Crippen LogP contribution in [0.4, 0.5) is 0 Å². The molecule has 0 fully saturated rings. The van der Waals surface area contributed by atoms with Gasteiger partial charge >= 0.3 is 0 Å². The third-order valence-electron chi connectivity index (χ3n) is 6.01. The lowest BCUT2D eigenvalue weighted by molar-refractivity contribution is -0.0624. The Bertz CT molecular complexity index is 1130. The topological polar surface area (TPSA) is 34.5 Å². The van der Waals surface area contributed by atoms with Crippen LogP contribution in [0, 0.1) is 0 Å². The van der Waals surface area contributed by atoms with Crippen LogP contribution in [0.15, 0.2) is 120 Å². The van der Waals surface area contributed by atoms with Crippen LogP contribution in [0.1, 0.15) is 29.8 Å². The summed E-state index contributed by atoms with van der Waals surface area (Å²) < 4.78 is 8.06. The van der Waals surface area contributed by atoms with Crippen molar-refractivity contribution in [3.63, 3.8) is 0 Å². The van der Waals surface area contributed by atoms with E-state index in [2.05, 4.69) is 77.7 Å². The minimum absolute atomic E-state index is 0.0571. The number of ether oxygens (including phenoxy) is 1. The molecular formula is C30H32N2O2. The molecule has 174 valence electrons. The van der Waals surface area contributed by atoms with E-state index in [1.807, 2.05) is 37.4 Å². The predicted octanol–water partition coefficient (Wildman–Crippen LogP) is 5.70. The lowest BCUT2D eigenvalue weighted by Crippen LogP contribution is -2.45. The summed E-state index contributed by atoms with van der Waals surface area (Å²) in [4.78, 5) is 15.3. The number of nitrogens with zero attached hydrogens (tertiary/aromatic N) is 2. The summed E-state index contributed by atoms with van der Waals surface area (Å²) in [6, 6.07) is 36.7. The van der Waals surface area contributed by atoms with Gasteiger partial charge in [0.2, 0.25) is 0 Å². The molecule has 0 amide bonds. The molecule has 1 aromatic heterocycles. The van der Waals surface area contributed by atoms with Crippen molar-refractivity contribution in [1.82, 2.24) is 9.47 Å². The van der Waals surface area contributed by atoms with Crippen molar-refractivity contribution in [2.45, 2.75) is 38.7 Å². The highest BCUT2D eigenvalue weighted by molar-refractivity contribution is 5.20. The van der Waals surface area contributed by atoms with E-state index in [0.29, 0.717) is 6.61 Å². The lowest BCUT2D eigenvalue weighted by atomic mass is 10.0. The van der Waals surface area contributed by atoms with Gasteiger partial charge < -0.3 is 4.74 Å². The second kappa shape index (κ2) is 12.1. The zero-order valence-electron chi connectivity index (χ0n) is 19.7. The molecule has 0 N–H and O–H groups in total. The SMILES string of the molecule is CCO[C@H]([C@H](Cc1ccccc1)N(Cc1ccccc1)Cc1ccccc1)n1ccccc1=O. The highest BCUT2D eigenvalue weighted by Crippen LogP contribution is 2.26. The van der Waals surface area contributed by atoms with Crippen molar-refractivity contribution in [1.29, 1.82) is 0 Å². The summed E-state index contributed by atoms with van der Waals surface area (Å²) in [6.45, 7) is 4.00. The second-order valence-corrected chi connectivity index (χ2v) is 8.43. The van der Waals surface area contributed by atoms with Gasteiger partial charge in [-0.2, -0.15) is 0 Å². The summed E-state index contributed by atoms with van der Waals surface area (Å²) in [7, 11) is 0. The molecule has 2 atom stereocenters. The monoisotopic (exact) mass is 452 g/mol. The van der Waals surface area contributed by atoms with E-state index in [9.17, 15) is 4.79 Å². The minimum atomic E-state index is -0.425. The Morgan fingerprint density at radius 2 is 1.21 bits per heavy atom. The average molecular weight is 453 g/mol. The van der Waals surface area contributed by atoms with Gasteiger partial charge in [-0.3, -0.25) is 14.3 Å². The number of hydrogen-bond donors (Lipinski definition) is 0. The normalized spacial score (nSPS) is 13.0. The first-order valence-corrected chi connectivity index (χ1v) is 11.9. The van der Waals surface area contributed by atoms with E-state index in [4.69, 9.17) is 4.74 Å². The number of rotatable bonds is 11. The summed E-state index contributed by atoms with van der Waals surface area (Å²) >= 11 is 0. The fourth-order valence-corrected chi connectivity index (χ4v) is 4.39. The van der Waals surface area contributed by atoms with E-state index >= 15 is 0 Å². The molecule has 0 bridgehead atoms. The van der Waals surface area contributed by atoms with Crippen LogP contribution >= 0.6 is 0 Å². The largest absolute Gasteiger partial charge is 0.357 e. The molecule has 4 rings (SSSR count). The summed E-state index contributed by atoms with van der Waals surface area (Å²) in [5.41, 5.74) is 3.62. The van der Waals surface area contributed by atoms with Gasteiger partial charge in [-0.15, -0.1) is 0 Å². The van der Waals surface area contributed by atoms with Gasteiger partial charge in [0.1, 0.15) is 0 Å². The molecule has 0 aliphatic heterocycles. The first kappa shape index (κ1) is 23.7. The smallest absolute Gasteiger partial charge is 0.252 e. The molecule has 0 radical (unpaired) electrons. The van der Waals surface area contributed by atoms with Crippen LogP contribution in [-0.4, -0.2) is 22.1 Å². The number of hydrogen-bond acceptors (Lipinski definition) is 3. The Morgan fingerprint density at radius 1 is 0.706 bits per heavy atom. The standard InChI is InChI=1S/C30H32N2O2/c1-2-34-30(32-21-13-12-20-29(32)33)28(22-25-14-6-3-7-15-25)31(23-26-16-8-4-9-17-26)24-27-18-10-5-11-19-27/h3-21,28,30H,2,22-24H2,1H3/t28-,30+/m0/s1. The molecular weight excluding hydrogens is 420 g/mol. The van der Waals surface area contributed by atoms with Crippen LogP contribution in [0.3, 0.4) is 0 Å². The lowest BCUT2D eigenvalue weighted by Gasteiger charge is -2.38. The fourth-order valence-electron chi connectivity index (χ4n) is 4.39. The van der Waals surface area contributed by atoms with Crippen molar-refractivity contribution in [3.8, 4) is 0 Å². The van der Waals surface area contributed by atoms with Crippen LogP contribution in [-0.2, 0) is 24.2 Å². The van der Waals surface area contributed by atoms with Crippen molar-refractivity contribution in [2.24, 2.45) is 0 Å². The molecule has 4 heteroatoms. The molecule has 0 saturated carbocycles. The van der Waals surface area contributed by atoms with E-state index in [-0.39, 0.29) is 11.6 Å². The summed E-state index contributed by atoms with van der Waals surface area (Å²) in [5.74, 6) is 0. The molecule has 0 aliphatic carbocycles. The maximum atomic E-state index is 12.9. The van der Waals surface area contributed by atoms with Gasteiger partial charge in [0.25, 0.3) is 5.56 Å². The highest BCUT2D eigenvalue weighted by atomic mass is 16.5. The van der Waals surface area contributed by atoms with Crippen molar-refractivity contribution < 1.29 is 4.74 Å². The first-order valence-electron chi connectivity index (χ1n) is 11.9. The van der Waals surface area contributed by atoms with Crippen LogP contribution in [0.25, 0.3) is 0 Å². The Balaban J connectivity index is 1.78. The van der Waals surface area contributed by atoms with Gasteiger partial charge in [-0.1, -0.05) is 97.1 Å². The van der Waals surface area contributed by atoms with Gasteiger partial charge in [0, 0.05) is 32.0 Å². The van der Waals surface area contributed by atoms with Crippen molar-refractivity contribution in [2.75, 3.05) is 6.61 Å². The van der Waals surface area contributed by atoms with Crippen LogP contribution in [0.2, 0.25) is 0 Å². The molecule has 0 aliphatic rings. The first-order chi connectivity index (χ1) is 16.7. The second-order valence-electron chi connectivity index (χ2n) is 8.43. The fraction of sp³-hybridized carbons (Fsp3) is 0.233. The Kier molecular flexibility index (Phi) is 8.44. The Labute approximate surface area is 202 Å². The number of pyridine rings is 1. The third-order valence-corrected chi connectivity index (χ3v) is 6.01. The molecule has 34 heavy (non-hydrogen) atoms. The Hall–Kier alpha value is -3.47. The van der Waals surface area contributed by atoms with Gasteiger partial charge in [0.05, 0.1) is 6.04 Å². The maximum Gasteiger partial charge on any atom is 0.252 e. The molecule has 0 saturated heterocycles. The van der Waals surface area contributed by atoms with Gasteiger partial charge in [-0.05, 0) is 36.1 Å². The third kappa shape index (κ3) is 6.31. The number of benzene rings is 3. The summed E-state index contributed by atoms with van der Waals surface area (Å²) in [6.07, 6.45) is 2.17. The zero-order valence-corrected chi connectivity index (χ0v) is 19.7. The maximum absolute atomic E-state index is 12.9. The molecule has 1 heterocycles. The summed E-state index contributed by atoms with van der Waals surface area (Å²) in [5, 5.41) is 0. The van der Waals surface area contributed by atoms with Crippen LogP contribution < -0.4 is 5.56 Å². The van der Waals surface area contributed by atoms with E-state index in [0.717, 1.165) is 19.5 Å². The Morgan fingerprint density at radius 3 is 1.71 bits per heavy atom. The van der Waals surface area contributed by atoms with Crippen molar-refractivity contribution in [3.05, 3.63) is 142 Å². The molecule has 0 spiro atoms. The highest BCUT2D eigenvalue weighted by Gasteiger charge is 2.30. The predicted molar refractivity (Wildman–Crippen MR) is 137 cm³/mol. The number of aromatic nitrogens is 1. The molecule has 4 aromatic rings. The van der Waals surface area contributed by atoms with Gasteiger partial charge in [0.15, 0.2) is 6.23 Å². The van der Waals surface area contributed by atoms with Gasteiger partial charge in [-0.25, -0.2) is 0 Å². The van der Waals surface area contributed by atoms with E-state index < -0.39 is 6.23 Å². The van der Waals surface area contributed by atoms with Crippen molar-refractivity contribution >= 4 is 0 Å². The van der Waals surface area contributed by atoms with E-state index in [1.165, 1.54) is 16.7 Å². The quantitative estimate of drug-likeness (QED) is 0.293.